The Bertz CT molecular complexity index is 429. The van der Waals surface area contributed by atoms with Gasteiger partial charge in [0.25, 0.3) is 0 Å². The van der Waals surface area contributed by atoms with Gasteiger partial charge in [-0.2, -0.15) is 0 Å². The molecular weight excluding hydrogens is 208 g/mol. The molecule has 0 amide bonds. The number of hydrogen-bond donors (Lipinski definition) is 0. The maximum Gasteiger partial charge on any atom is 0.339 e. The summed E-state index contributed by atoms with van der Waals surface area (Å²) in [6.45, 7) is 5.86. The van der Waals surface area contributed by atoms with Gasteiger partial charge in [-0.1, -0.05) is 6.58 Å². The number of ether oxygens (including phenoxy) is 1. The lowest BCUT2D eigenvalue weighted by molar-refractivity contribution is 0.0600. The summed E-state index contributed by atoms with van der Waals surface area (Å²) < 4.78 is 4.84. The number of carbonyl (C=O) groups is 1. The predicted octanol–water partition coefficient (Wildman–Crippen LogP) is 3.06. The summed E-state index contributed by atoms with van der Waals surface area (Å²) in [6.07, 6.45) is 3.25. The van der Waals surface area contributed by atoms with Crippen LogP contribution >= 0.6 is 11.3 Å². The highest BCUT2D eigenvalue weighted by molar-refractivity contribution is 7.13. The van der Waals surface area contributed by atoms with Crippen LogP contribution in [0.1, 0.15) is 39.0 Å². The molecule has 0 saturated heterocycles. The zero-order valence-electron chi connectivity index (χ0n) is 9.05. The molecule has 0 fully saturated rings. The molecule has 80 valence electrons. The zero-order chi connectivity index (χ0) is 11.0. The van der Waals surface area contributed by atoms with Gasteiger partial charge in [-0.05, 0) is 37.3 Å². The van der Waals surface area contributed by atoms with E-state index >= 15 is 0 Å². The first-order valence-corrected chi connectivity index (χ1v) is 5.85. The molecule has 0 bridgehead atoms. The summed E-state index contributed by atoms with van der Waals surface area (Å²) in [5.74, 6) is -0.215. The van der Waals surface area contributed by atoms with E-state index in [-0.39, 0.29) is 5.97 Å². The van der Waals surface area contributed by atoms with E-state index in [9.17, 15) is 4.79 Å². The highest BCUT2D eigenvalue weighted by Gasteiger charge is 2.26. The molecule has 0 radical (unpaired) electrons. The van der Waals surface area contributed by atoms with E-state index in [1.54, 1.807) is 11.3 Å². The first kappa shape index (κ1) is 10.4. The predicted molar refractivity (Wildman–Crippen MR) is 62.4 cm³/mol. The monoisotopic (exact) mass is 222 g/mol. The van der Waals surface area contributed by atoms with E-state index in [2.05, 4.69) is 6.58 Å². The third-order valence-electron chi connectivity index (χ3n) is 2.70. The summed E-state index contributed by atoms with van der Waals surface area (Å²) >= 11 is 1.70. The topological polar surface area (TPSA) is 26.3 Å². The van der Waals surface area contributed by atoms with Crippen LogP contribution in [-0.4, -0.2) is 13.1 Å². The van der Waals surface area contributed by atoms with Gasteiger partial charge in [0.05, 0.1) is 12.7 Å². The van der Waals surface area contributed by atoms with Gasteiger partial charge >= 0.3 is 5.97 Å². The van der Waals surface area contributed by atoms with Crippen molar-refractivity contribution in [3.05, 3.63) is 27.5 Å². The fraction of sp³-hybridized carbons (Fsp3) is 0.417. The van der Waals surface area contributed by atoms with Gasteiger partial charge in [0.1, 0.15) is 0 Å². The summed E-state index contributed by atoms with van der Waals surface area (Å²) in [7, 11) is 1.43. The Morgan fingerprint density at radius 3 is 2.80 bits per heavy atom. The van der Waals surface area contributed by atoms with E-state index in [0.717, 1.165) is 35.3 Å². The SMILES string of the molecule is C=C(C)c1sc2c(c1C(=O)OC)CCC2. The van der Waals surface area contributed by atoms with E-state index in [1.807, 2.05) is 6.92 Å². The minimum atomic E-state index is -0.215. The molecule has 0 unspecified atom stereocenters. The Hall–Kier alpha value is -1.09. The van der Waals surface area contributed by atoms with Crippen LogP contribution in [0.4, 0.5) is 0 Å². The van der Waals surface area contributed by atoms with Crippen molar-refractivity contribution >= 4 is 22.9 Å². The first-order valence-electron chi connectivity index (χ1n) is 5.04. The number of aryl methyl sites for hydroxylation is 1. The molecule has 1 aromatic rings. The molecule has 1 aromatic heterocycles. The minimum absolute atomic E-state index is 0.215. The summed E-state index contributed by atoms with van der Waals surface area (Å²) in [5, 5.41) is 0. The smallest absolute Gasteiger partial charge is 0.339 e. The van der Waals surface area contributed by atoms with Crippen molar-refractivity contribution in [2.45, 2.75) is 26.2 Å². The van der Waals surface area contributed by atoms with Crippen LogP contribution in [-0.2, 0) is 17.6 Å². The van der Waals surface area contributed by atoms with Crippen LogP contribution in [0, 0.1) is 0 Å². The molecule has 0 atom stereocenters. The van der Waals surface area contributed by atoms with E-state index < -0.39 is 0 Å². The van der Waals surface area contributed by atoms with Crippen LogP contribution in [0.15, 0.2) is 6.58 Å². The second-order valence-corrected chi connectivity index (χ2v) is 4.94. The Balaban J connectivity index is 2.57. The Morgan fingerprint density at radius 1 is 1.47 bits per heavy atom. The lowest BCUT2D eigenvalue weighted by Gasteiger charge is -2.03. The van der Waals surface area contributed by atoms with Crippen LogP contribution in [0.5, 0.6) is 0 Å². The number of fused-ring (bicyclic) bond motifs is 1. The quantitative estimate of drug-likeness (QED) is 0.719. The number of hydrogen-bond acceptors (Lipinski definition) is 3. The van der Waals surface area contributed by atoms with E-state index in [0.29, 0.717) is 0 Å². The van der Waals surface area contributed by atoms with Gasteiger partial charge < -0.3 is 4.74 Å². The van der Waals surface area contributed by atoms with Crippen LogP contribution < -0.4 is 0 Å². The molecule has 3 heteroatoms. The summed E-state index contributed by atoms with van der Waals surface area (Å²) in [6, 6.07) is 0. The molecule has 1 heterocycles. The molecule has 0 N–H and O–H groups in total. The van der Waals surface area contributed by atoms with Crippen molar-refractivity contribution in [2.24, 2.45) is 0 Å². The number of carbonyl (C=O) groups excluding carboxylic acids is 1. The number of rotatable bonds is 2. The van der Waals surface area contributed by atoms with Crippen molar-refractivity contribution in [2.75, 3.05) is 7.11 Å². The summed E-state index contributed by atoms with van der Waals surface area (Å²) in [5.41, 5.74) is 2.92. The fourth-order valence-corrected chi connectivity index (χ4v) is 3.33. The van der Waals surface area contributed by atoms with Crippen molar-refractivity contribution in [3.8, 4) is 0 Å². The number of esters is 1. The van der Waals surface area contributed by atoms with Crippen molar-refractivity contribution in [1.29, 1.82) is 0 Å². The molecule has 1 aliphatic rings. The average molecular weight is 222 g/mol. The van der Waals surface area contributed by atoms with Crippen molar-refractivity contribution < 1.29 is 9.53 Å². The number of methoxy groups -OCH3 is 1. The largest absolute Gasteiger partial charge is 0.465 e. The molecular formula is C12H14O2S. The van der Waals surface area contributed by atoms with Gasteiger partial charge in [-0.25, -0.2) is 4.79 Å². The van der Waals surface area contributed by atoms with Gasteiger partial charge in [-0.15, -0.1) is 11.3 Å². The van der Waals surface area contributed by atoms with Crippen LogP contribution in [0.25, 0.3) is 5.57 Å². The maximum absolute atomic E-state index is 11.7. The van der Waals surface area contributed by atoms with Gasteiger partial charge in [-0.3, -0.25) is 0 Å². The average Bonchev–Trinajstić information content (AvgIpc) is 2.74. The molecule has 0 saturated carbocycles. The lowest BCUT2D eigenvalue weighted by atomic mass is 10.1. The Labute approximate surface area is 93.6 Å². The van der Waals surface area contributed by atoms with Gasteiger partial charge in [0, 0.05) is 9.75 Å². The van der Waals surface area contributed by atoms with Crippen molar-refractivity contribution in [3.63, 3.8) is 0 Å². The molecule has 2 nitrogen and oxygen atoms in total. The fourth-order valence-electron chi connectivity index (χ4n) is 2.02. The van der Waals surface area contributed by atoms with Gasteiger partial charge in [0.15, 0.2) is 0 Å². The Kier molecular flexibility index (Phi) is 2.65. The molecule has 1 aliphatic carbocycles. The van der Waals surface area contributed by atoms with Gasteiger partial charge in [0.2, 0.25) is 0 Å². The highest BCUT2D eigenvalue weighted by atomic mass is 32.1. The molecule has 0 spiro atoms. The lowest BCUT2D eigenvalue weighted by Crippen LogP contribution is -2.05. The maximum atomic E-state index is 11.7. The first-order chi connectivity index (χ1) is 7.15. The molecule has 0 aromatic carbocycles. The van der Waals surface area contributed by atoms with E-state index in [1.165, 1.54) is 17.6 Å². The third kappa shape index (κ3) is 1.61. The molecule has 2 rings (SSSR count). The third-order valence-corrected chi connectivity index (χ3v) is 4.15. The number of thiophene rings is 1. The highest BCUT2D eigenvalue weighted by Crippen LogP contribution is 2.38. The molecule has 15 heavy (non-hydrogen) atoms. The Morgan fingerprint density at radius 2 is 2.20 bits per heavy atom. The summed E-state index contributed by atoms with van der Waals surface area (Å²) in [4.78, 5) is 14.1. The van der Waals surface area contributed by atoms with Crippen LogP contribution in [0.2, 0.25) is 0 Å². The van der Waals surface area contributed by atoms with E-state index in [4.69, 9.17) is 4.74 Å². The minimum Gasteiger partial charge on any atom is -0.465 e. The normalized spacial score (nSPS) is 13.7. The van der Waals surface area contributed by atoms with Crippen molar-refractivity contribution in [1.82, 2.24) is 0 Å². The standard InChI is InChI=1S/C12H14O2S/c1-7(2)11-10(12(13)14-3)8-5-4-6-9(8)15-11/h1,4-6H2,2-3H3. The van der Waals surface area contributed by atoms with Crippen LogP contribution in [0.3, 0.4) is 0 Å². The second-order valence-electron chi connectivity index (χ2n) is 3.83. The second kappa shape index (κ2) is 3.81. The number of allylic oxidation sites excluding steroid dienone is 1. The molecule has 0 aliphatic heterocycles. The zero-order valence-corrected chi connectivity index (χ0v) is 9.87.